The van der Waals surface area contributed by atoms with Gasteiger partial charge in [0.25, 0.3) is 0 Å². The number of carbonyl (C=O) groups excluding carboxylic acids is 2. The van der Waals surface area contributed by atoms with E-state index < -0.39 is 0 Å². The van der Waals surface area contributed by atoms with E-state index in [-0.39, 0.29) is 18.2 Å². The van der Waals surface area contributed by atoms with Crippen molar-refractivity contribution >= 4 is 17.6 Å². The summed E-state index contributed by atoms with van der Waals surface area (Å²) in [4.78, 5) is 34.7. The van der Waals surface area contributed by atoms with Crippen LogP contribution < -0.4 is 15.4 Å². The highest BCUT2D eigenvalue weighted by molar-refractivity contribution is 5.77. The number of hydrogen-bond acceptors (Lipinski definition) is 6. The zero-order chi connectivity index (χ0) is 23.1. The van der Waals surface area contributed by atoms with E-state index in [0.717, 1.165) is 16.7 Å². The maximum absolute atomic E-state index is 11.4. The average Bonchev–Trinajstić information content (AvgIpc) is 2.78. The molecule has 8 heteroatoms. The lowest BCUT2D eigenvalue weighted by Gasteiger charge is -2.22. The van der Waals surface area contributed by atoms with Crippen molar-refractivity contribution in [3.8, 4) is 22.8 Å². The molecular formula is C24H27N5O3. The molecule has 0 unspecified atom stereocenters. The van der Waals surface area contributed by atoms with Gasteiger partial charge in [0.15, 0.2) is 5.82 Å². The highest BCUT2D eigenvalue weighted by atomic mass is 16.5. The molecule has 2 N–H and O–H groups in total. The number of carbonyl (C=O) groups is 2. The summed E-state index contributed by atoms with van der Waals surface area (Å²) in [6, 6.07) is 15.4. The topological polar surface area (TPSA) is 102 Å². The van der Waals surface area contributed by atoms with Gasteiger partial charge in [-0.3, -0.25) is 14.6 Å². The third-order valence-corrected chi connectivity index (χ3v) is 5.04. The van der Waals surface area contributed by atoms with Gasteiger partial charge in [-0.05, 0) is 28.8 Å². The second-order valence-corrected chi connectivity index (χ2v) is 7.54. The Bertz CT molecular complexity index is 1070. The molecule has 0 aliphatic heterocycles. The quantitative estimate of drug-likeness (QED) is 0.557. The second kappa shape index (κ2) is 10.4. The van der Waals surface area contributed by atoms with Gasteiger partial charge in [0.1, 0.15) is 5.75 Å². The van der Waals surface area contributed by atoms with E-state index >= 15 is 0 Å². The van der Waals surface area contributed by atoms with E-state index in [1.807, 2.05) is 60.5 Å². The number of primary amides is 1. The van der Waals surface area contributed by atoms with E-state index in [2.05, 4.69) is 9.97 Å². The Morgan fingerprint density at radius 3 is 2.16 bits per heavy atom. The van der Waals surface area contributed by atoms with Gasteiger partial charge in [-0.15, -0.1) is 0 Å². The molecule has 0 aliphatic rings. The van der Waals surface area contributed by atoms with Gasteiger partial charge in [-0.1, -0.05) is 36.4 Å². The molecule has 0 spiro atoms. The van der Waals surface area contributed by atoms with E-state index in [0.29, 0.717) is 30.5 Å². The predicted octanol–water partition coefficient (Wildman–Crippen LogP) is 2.88. The van der Waals surface area contributed by atoms with Crippen molar-refractivity contribution in [2.45, 2.75) is 13.3 Å². The number of hydrogen-bond donors (Lipinski definition) is 1. The van der Waals surface area contributed by atoms with Crippen LogP contribution in [0.3, 0.4) is 0 Å². The van der Waals surface area contributed by atoms with Crippen LogP contribution in [0.2, 0.25) is 0 Å². The van der Waals surface area contributed by atoms with Crippen LogP contribution in [-0.2, 0) is 16.0 Å². The summed E-state index contributed by atoms with van der Waals surface area (Å²) >= 11 is 0. The first-order chi connectivity index (χ1) is 15.3. The number of ether oxygens (including phenoxy) is 1. The summed E-state index contributed by atoms with van der Waals surface area (Å²) < 4.78 is 5.87. The highest BCUT2D eigenvalue weighted by Crippen LogP contribution is 2.26. The summed E-state index contributed by atoms with van der Waals surface area (Å²) in [6.45, 7) is 2.75. The maximum atomic E-state index is 11.4. The fourth-order valence-corrected chi connectivity index (χ4v) is 3.00. The molecular weight excluding hydrogens is 406 g/mol. The molecule has 0 atom stereocenters. The molecule has 1 heterocycles. The molecule has 2 aromatic carbocycles. The van der Waals surface area contributed by atoms with E-state index in [9.17, 15) is 9.59 Å². The van der Waals surface area contributed by atoms with Crippen molar-refractivity contribution in [3.05, 3.63) is 66.5 Å². The van der Waals surface area contributed by atoms with Gasteiger partial charge in [-0.25, -0.2) is 0 Å². The van der Waals surface area contributed by atoms with Crippen molar-refractivity contribution in [1.29, 1.82) is 0 Å². The fraction of sp³-hybridized carbons (Fsp3) is 0.250. The molecule has 0 bridgehead atoms. The van der Waals surface area contributed by atoms with Crippen LogP contribution in [-0.4, -0.2) is 53.9 Å². The van der Waals surface area contributed by atoms with Crippen LogP contribution in [0.1, 0.15) is 12.5 Å². The summed E-state index contributed by atoms with van der Waals surface area (Å²) in [5.41, 5.74) is 8.18. The third kappa shape index (κ3) is 6.28. The molecule has 0 radical (unpaired) electrons. The molecule has 166 valence electrons. The van der Waals surface area contributed by atoms with Crippen LogP contribution in [0.15, 0.2) is 60.9 Å². The van der Waals surface area contributed by atoms with Crippen LogP contribution in [0.4, 0.5) is 5.82 Å². The summed E-state index contributed by atoms with van der Waals surface area (Å²) in [7, 11) is 3.66. The van der Waals surface area contributed by atoms with Crippen molar-refractivity contribution in [1.82, 2.24) is 14.9 Å². The van der Waals surface area contributed by atoms with Crippen molar-refractivity contribution in [2.75, 3.05) is 32.1 Å². The number of benzene rings is 2. The number of aromatic nitrogens is 2. The minimum absolute atomic E-state index is 0.0200. The van der Waals surface area contributed by atoms with E-state index in [4.69, 9.17) is 10.5 Å². The maximum Gasteiger partial charge on any atom is 0.239 e. The molecule has 2 amide bonds. The Labute approximate surface area is 187 Å². The lowest BCUT2D eigenvalue weighted by molar-refractivity contribution is -0.127. The largest absolute Gasteiger partial charge is 0.437 e. The summed E-state index contributed by atoms with van der Waals surface area (Å²) in [5.74, 6) is 1.36. The zero-order valence-electron chi connectivity index (χ0n) is 18.5. The number of nitrogens with two attached hydrogens (primary N) is 1. The van der Waals surface area contributed by atoms with Crippen molar-refractivity contribution in [3.63, 3.8) is 0 Å². The van der Waals surface area contributed by atoms with Crippen LogP contribution >= 0.6 is 0 Å². The molecule has 3 aromatic rings. The number of amides is 2. The number of anilines is 1. The number of rotatable bonds is 9. The average molecular weight is 434 g/mol. The van der Waals surface area contributed by atoms with Crippen molar-refractivity contribution in [2.24, 2.45) is 5.73 Å². The van der Waals surface area contributed by atoms with E-state index in [1.165, 1.54) is 0 Å². The highest BCUT2D eigenvalue weighted by Gasteiger charge is 2.09. The molecule has 0 aliphatic carbocycles. The summed E-state index contributed by atoms with van der Waals surface area (Å²) in [6.07, 6.45) is 3.45. The number of nitrogens with zero attached hydrogens (tertiary/aromatic N) is 4. The van der Waals surface area contributed by atoms with Gasteiger partial charge < -0.3 is 20.3 Å². The first-order valence-electron chi connectivity index (χ1n) is 10.2. The van der Waals surface area contributed by atoms with Crippen LogP contribution in [0, 0.1) is 0 Å². The van der Waals surface area contributed by atoms with Crippen LogP contribution in [0.5, 0.6) is 11.6 Å². The Morgan fingerprint density at radius 1 is 0.938 bits per heavy atom. The minimum atomic E-state index is -0.346. The molecule has 3 rings (SSSR count). The van der Waals surface area contributed by atoms with Gasteiger partial charge in [-0.2, -0.15) is 4.98 Å². The van der Waals surface area contributed by atoms with Gasteiger partial charge >= 0.3 is 0 Å². The minimum Gasteiger partial charge on any atom is -0.437 e. The normalized spacial score (nSPS) is 10.5. The predicted molar refractivity (Wildman–Crippen MR) is 123 cm³/mol. The molecule has 0 saturated carbocycles. The Morgan fingerprint density at radius 2 is 1.56 bits per heavy atom. The Balaban J connectivity index is 1.63. The first kappa shape index (κ1) is 22.7. The third-order valence-electron chi connectivity index (χ3n) is 5.04. The molecule has 0 fully saturated rings. The molecule has 0 saturated heterocycles. The van der Waals surface area contributed by atoms with E-state index in [1.54, 1.807) is 31.3 Å². The smallest absolute Gasteiger partial charge is 0.239 e. The van der Waals surface area contributed by atoms with Crippen LogP contribution in [0.25, 0.3) is 11.1 Å². The SMILES string of the molecule is CC(=O)N(C)CCN(C)c1cncc(Oc2ccc(-c3ccc(CC(N)=O)cc3)cc2)n1. The van der Waals surface area contributed by atoms with Gasteiger partial charge in [0.2, 0.25) is 17.7 Å². The second-order valence-electron chi connectivity index (χ2n) is 7.54. The first-order valence-corrected chi connectivity index (χ1v) is 10.2. The molecule has 1 aromatic heterocycles. The lowest BCUT2D eigenvalue weighted by atomic mass is 10.0. The van der Waals surface area contributed by atoms with Gasteiger partial charge in [0, 0.05) is 34.1 Å². The molecule has 32 heavy (non-hydrogen) atoms. The molecule has 8 nitrogen and oxygen atoms in total. The summed E-state index contributed by atoms with van der Waals surface area (Å²) in [5, 5.41) is 0. The lowest BCUT2D eigenvalue weighted by Crippen LogP contribution is -2.33. The van der Waals surface area contributed by atoms with Gasteiger partial charge in [0.05, 0.1) is 18.8 Å². The monoisotopic (exact) mass is 433 g/mol. The Kier molecular flexibility index (Phi) is 7.38. The zero-order valence-corrected chi connectivity index (χ0v) is 18.5. The number of likely N-dealkylation sites (N-methyl/N-ethyl adjacent to an activating group) is 2. The standard InChI is InChI=1S/C24H27N5O3/c1-17(30)28(2)12-13-29(3)23-15-26-16-24(27-23)32-21-10-8-20(9-11-21)19-6-4-18(5-7-19)14-22(25)31/h4-11,15-16H,12-14H2,1-3H3,(H2,25,31). The van der Waals surface area contributed by atoms with Crippen molar-refractivity contribution < 1.29 is 14.3 Å². The Hall–Kier alpha value is -3.94. The fourth-order valence-electron chi connectivity index (χ4n) is 3.00.